The first-order valence-corrected chi connectivity index (χ1v) is 12.3. The van der Waals surface area contributed by atoms with Crippen LogP contribution in [0, 0.1) is 29.6 Å². The lowest BCUT2D eigenvalue weighted by Crippen LogP contribution is -2.50. The van der Waals surface area contributed by atoms with Gasteiger partial charge >= 0.3 is 0 Å². The van der Waals surface area contributed by atoms with Gasteiger partial charge in [0.15, 0.2) is 5.11 Å². The predicted molar refractivity (Wildman–Crippen MR) is 146 cm³/mol. The van der Waals surface area contributed by atoms with Crippen molar-refractivity contribution < 1.29 is 9.13 Å². The van der Waals surface area contributed by atoms with E-state index in [1.54, 1.807) is 23.1 Å². The Labute approximate surface area is 224 Å². The second-order valence-corrected chi connectivity index (χ2v) is 8.89. The van der Waals surface area contributed by atoms with Crippen LogP contribution in [0.5, 0.6) is 5.75 Å². The molecule has 0 radical (unpaired) electrons. The molecular weight excluding hydrogens is 503 g/mol. The Hall–Kier alpha value is -4.74. The number of anilines is 2. The fraction of sp³-hybridized carbons (Fsp3) is 0.222. The molecule has 4 aromatic rings. The minimum atomic E-state index is -0.682. The summed E-state index contributed by atoms with van der Waals surface area (Å²) in [6, 6.07) is 9.59. The van der Waals surface area contributed by atoms with Gasteiger partial charge in [0.1, 0.15) is 17.6 Å². The zero-order valence-corrected chi connectivity index (χ0v) is 21.4. The van der Waals surface area contributed by atoms with Gasteiger partial charge in [-0.3, -0.25) is 0 Å². The summed E-state index contributed by atoms with van der Waals surface area (Å²) in [7, 11) is 0. The van der Waals surface area contributed by atoms with Crippen molar-refractivity contribution in [2.45, 2.75) is 6.92 Å². The van der Waals surface area contributed by atoms with Gasteiger partial charge in [0, 0.05) is 43.5 Å². The number of thiocarbonyl (C=S) groups is 1. The van der Waals surface area contributed by atoms with Crippen molar-refractivity contribution in [2.75, 3.05) is 43.0 Å². The monoisotopic (exact) mass is 526 g/mol. The third-order valence-corrected chi connectivity index (χ3v) is 6.57. The summed E-state index contributed by atoms with van der Waals surface area (Å²) < 4.78 is 20.9. The van der Waals surface area contributed by atoms with Crippen LogP contribution >= 0.6 is 12.2 Å². The SMILES string of the molecule is C#Cc1cc(NC(=S)N2CCN(c3ccc(-c4cc(OCC)cn5ncc(C#N)c45)cn3)CC2)cnc1F. The van der Waals surface area contributed by atoms with Gasteiger partial charge in [-0.2, -0.15) is 14.8 Å². The topological polar surface area (TPSA) is 94.6 Å². The summed E-state index contributed by atoms with van der Waals surface area (Å²) in [5, 5.41) is 17.5. The molecule has 190 valence electrons. The fourth-order valence-corrected chi connectivity index (χ4v) is 4.64. The number of terminal acetylenes is 1. The average molecular weight is 527 g/mol. The maximum absolute atomic E-state index is 13.6. The Morgan fingerprint density at radius 2 is 1.97 bits per heavy atom. The first-order chi connectivity index (χ1) is 18.5. The van der Waals surface area contributed by atoms with Gasteiger partial charge in [0.25, 0.3) is 0 Å². The van der Waals surface area contributed by atoms with Gasteiger partial charge in [0.05, 0.1) is 47.5 Å². The highest BCUT2D eigenvalue weighted by Gasteiger charge is 2.21. The molecule has 1 aliphatic rings. The van der Waals surface area contributed by atoms with Crippen LogP contribution in [0.4, 0.5) is 15.9 Å². The number of fused-ring (bicyclic) bond motifs is 1. The van der Waals surface area contributed by atoms with Crippen LogP contribution in [0.25, 0.3) is 16.6 Å². The maximum atomic E-state index is 13.6. The summed E-state index contributed by atoms with van der Waals surface area (Å²) in [6.45, 7) is 5.25. The highest BCUT2D eigenvalue weighted by Crippen LogP contribution is 2.31. The molecule has 0 spiro atoms. The number of nitriles is 1. The van der Waals surface area contributed by atoms with E-state index in [1.807, 2.05) is 30.0 Å². The van der Waals surface area contributed by atoms with Crippen molar-refractivity contribution in [3.63, 3.8) is 0 Å². The van der Waals surface area contributed by atoms with Crippen molar-refractivity contribution in [2.24, 2.45) is 0 Å². The molecule has 5 heterocycles. The number of rotatable bonds is 5. The number of nitrogens with one attached hydrogen (secondary N) is 1. The molecule has 0 atom stereocenters. The molecule has 11 heteroatoms. The van der Waals surface area contributed by atoms with E-state index in [0.717, 1.165) is 30.0 Å². The minimum absolute atomic E-state index is 0.0829. The van der Waals surface area contributed by atoms with Crippen LogP contribution in [0.2, 0.25) is 0 Å². The second-order valence-electron chi connectivity index (χ2n) is 8.50. The molecule has 1 fully saturated rings. The maximum Gasteiger partial charge on any atom is 0.228 e. The van der Waals surface area contributed by atoms with E-state index in [0.29, 0.717) is 47.3 Å². The van der Waals surface area contributed by atoms with Gasteiger partial charge in [-0.05, 0) is 43.4 Å². The summed E-state index contributed by atoms with van der Waals surface area (Å²) in [4.78, 5) is 12.6. The first-order valence-electron chi connectivity index (χ1n) is 11.9. The Balaban J connectivity index is 1.28. The van der Waals surface area contributed by atoms with E-state index in [-0.39, 0.29) is 5.56 Å². The van der Waals surface area contributed by atoms with Gasteiger partial charge in [-0.25, -0.2) is 14.5 Å². The van der Waals surface area contributed by atoms with Gasteiger partial charge in [0.2, 0.25) is 5.95 Å². The van der Waals surface area contributed by atoms with Crippen LogP contribution in [0.1, 0.15) is 18.1 Å². The highest BCUT2D eigenvalue weighted by atomic mass is 32.1. The third kappa shape index (κ3) is 4.92. The zero-order valence-electron chi connectivity index (χ0n) is 20.6. The molecule has 0 aromatic carbocycles. The summed E-state index contributed by atoms with van der Waals surface area (Å²) in [5.74, 6) is 3.11. The van der Waals surface area contributed by atoms with Crippen LogP contribution in [-0.2, 0) is 0 Å². The highest BCUT2D eigenvalue weighted by molar-refractivity contribution is 7.80. The van der Waals surface area contributed by atoms with Crippen LogP contribution in [-0.4, -0.2) is 62.4 Å². The standard InChI is InChI=1S/C27H23FN8OS/c1-3-18-11-21(16-31-26(18)28)33-27(38)35-9-7-34(8-10-35)24-6-5-19(14-30-24)23-12-22(37-4-2)17-36-25(23)20(13-29)15-32-36/h1,5-6,11-12,14-17H,4,7-10H2,2H3,(H,33,38). The number of hydrogen-bond acceptors (Lipinski definition) is 7. The second kappa shape index (κ2) is 10.7. The fourth-order valence-electron chi connectivity index (χ4n) is 4.34. The van der Waals surface area contributed by atoms with Crippen molar-refractivity contribution in [1.82, 2.24) is 24.5 Å². The summed E-state index contributed by atoms with van der Waals surface area (Å²) in [6.07, 6.45) is 11.8. The molecule has 1 aliphatic heterocycles. The lowest BCUT2D eigenvalue weighted by atomic mass is 10.1. The molecule has 1 N–H and O–H groups in total. The molecule has 0 unspecified atom stereocenters. The molecule has 4 aromatic heterocycles. The third-order valence-electron chi connectivity index (χ3n) is 6.21. The number of halogens is 1. The predicted octanol–water partition coefficient (Wildman–Crippen LogP) is 3.70. The lowest BCUT2D eigenvalue weighted by Gasteiger charge is -2.36. The van der Waals surface area contributed by atoms with Crippen molar-refractivity contribution in [3.05, 3.63) is 66.1 Å². The van der Waals surface area contributed by atoms with E-state index in [1.165, 1.54) is 12.3 Å². The lowest BCUT2D eigenvalue weighted by molar-refractivity contribution is 0.338. The number of hydrogen-bond donors (Lipinski definition) is 1. The molecule has 5 rings (SSSR count). The van der Waals surface area contributed by atoms with Crippen molar-refractivity contribution in [3.8, 4) is 35.3 Å². The first kappa shape index (κ1) is 24.9. The van der Waals surface area contributed by atoms with E-state index >= 15 is 0 Å². The number of nitrogens with zero attached hydrogens (tertiary/aromatic N) is 7. The van der Waals surface area contributed by atoms with Crippen LogP contribution in [0.3, 0.4) is 0 Å². The van der Waals surface area contributed by atoms with Crippen molar-refractivity contribution in [1.29, 1.82) is 5.26 Å². The molecule has 38 heavy (non-hydrogen) atoms. The van der Waals surface area contributed by atoms with Gasteiger partial charge < -0.3 is 19.9 Å². The number of piperazine rings is 1. The molecular formula is C27H23FN8OS. The van der Waals surface area contributed by atoms with Crippen LogP contribution < -0.4 is 15.0 Å². The number of pyridine rings is 3. The Morgan fingerprint density at radius 1 is 1.16 bits per heavy atom. The normalized spacial score (nSPS) is 13.2. The molecule has 1 saturated heterocycles. The smallest absolute Gasteiger partial charge is 0.228 e. The van der Waals surface area contributed by atoms with E-state index in [9.17, 15) is 9.65 Å². The molecule has 0 bridgehead atoms. The van der Waals surface area contributed by atoms with E-state index in [4.69, 9.17) is 28.4 Å². The largest absolute Gasteiger partial charge is 0.492 e. The van der Waals surface area contributed by atoms with E-state index in [2.05, 4.69) is 32.3 Å². The number of aromatic nitrogens is 4. The Kier molecular flexibility index (Phi) is 7.03. The Bertz CT molecular complexity index is 1580. The summed E-state index contributed by atoms with van der Waals surface area (Å²) >= 11 is 5.54. The van der Waals surface area contributed by atoms with Crippen molar-refractivity contribution >= 4 is 34.4 Å². The average Bonchev–Trinajstić information content (AvgIpc) is 3.37. The van der Waals surface area contributed by atoms with Gasteiger partial charge in [-0.15, -0.1) is 6.42 Å². The Morgan fingerprint density at radius 3 is 2.66 bits per heavy atom. The molecule has 0 amide bonds. The quantitative estimate of drug-likeness (QED) is 0.237. The van der Waals surface area contributed by atoms with E-state index < -0.39 is 5.95 Å². The minimum Gasteiger partial charge on any atom is -0.492 e. The number of ether oxygens (including phenoxy) is 1. The van der Waals surface area contributed by atoms with Gasteiger partial charge in [-0.1, -0.05) is 5.92 Å². The molecule has 9 nitrogen and oxygen atoms in total. The molecule has 0 saturated carbocycles. The summed E-state index contributed by atoms with van der Waals surface area (Å²) in [5.41, 5.74) is 3.52. The zero-order chi connectivity index (χ0) is 26.6. The molecule has 0 aliphatic carbocycles. The van der Waals surface area contributed by atoms with Crippen LogP contribution in [0.15, 0.2) is 49.1 Å².